The summed E-state index contributed by atoms with van der Waals surface area (Å²) in [6.45, 7) is 2.77. The molecule has 29 heavy (non-hydrogen) atoms. The summed E-state index contributed by atoms with van der Waals surface area (Å²) >= 11 is 0. The van der Waals surface area contributed by atoms with Crippen LogP contribution in [0, 0.1) is 5.92 Å². The molecule has 1 aliphatic rings. The number of carbonyl (C=O) groups is 3. The number of carbonyl (C=O) groups excluding carboxylic acids is 3. The largest absolute Gasteiger partial charge is 0.445 e. The second-order valence-electron chi connectivity index (χ2n) is 7.37. The summed E-state index contributed by atoms with van der Waals surface area (Å²) in [6, 6.07) is 18.1. The standard InChI is InChI=1S/C23H26N2O4/c1-17(15-21(26)24-22(27)19-11-6-3-7-12-19)20-13-8-14-25(20)23(28)29-16-18-9-4-2-5-10-18/h2-7,9-12,17,20H,8,13-16H2,1H3,(H,24,26,27). The van der Waals surface area contributed by atoms with Crippen LogP contribution >= 0.6 is 0 Å². The number of ether oxygens (including phenoxy) is 1. The molecule has 1 saturated heterocycles. The Labute approximate surface area is 170 Å². The molecular weight excluding hydrogens is 368 g/mol. The maximum absolute atomic E-state index is 12.5. The zero-order chi connectivity index (χ0) is 20.6. The number of amides is 3. The highest BCUT2D eigenvalue weighted by Crippen LogP contribution is 2.27. The van der Waals surface area contributed by atoms with Gasteiger partial charge in [0.25, 0.3) is 5.91 Å². The first kappa shape index (κ1) is 20.6. The van der Waals surface area contributed by atoms with E-state index in [2.05, 4.69) is 5.32 Å². The number of nitrogens with one attached hydrogen (secondary N) is 1. The summed E-state index contributed by atoms with van der Waals surface area (Å²) in [4.78, 5) is 38.7. The van der Waals surface area contributed by atoms with Crippen LogP contribution in [-0.2, 0) is 16.1 Å². The number of hydrogen-bond donors (Lipinski definition) is 1. The van der Waals surface area contributed by atoms with Gasteiger partial charge in [-0.05, 0) is 36.5 Å². The Bertz CT molecular complexity index is 838. The molecule has 0 spiro atoms. The summed E-state index contributed by atoms with van der Waals surface area (Å²) < 4.78 is 5.45. The maximum Gasteiger partial charge on any atom is 0.410 e. The van der Waals surface area contributed by atoms with Gasteiger partial charge in [-0.25, -0.2) is 4.79 Å². The Hall–Kier alpha value is -3.15. The highest BCUT2D eigenvalue weighted by atomic mass is 16.6. The molecular formula is C23H26N2O4. The van der Waals surface area contributed by atoms with Crippen molar-refractivity contribution in [2.24, 2.45) is 5.92 Å². The average molecular weight is 394 g/mol. The molecule has 2 aromatic carbocycles. The van der Waals surface area contributed by atoms with Crippen LogP contribution in [0.3, 0.4) is 0 Å². The van der Waals surface area contributed by atoms with Gasteiger partial charge < -0.3 is 9.64 Å². The summed E-state index contributed by atoms with van der Waals surface area (Å²) in [5, 5.41) is 2.43. The van der Waals surface area contributed by atoms with Crippen molar-refractivity contribution in [2.75, 3.05) is 6.54 Å². The van der Waals surface area contributed by atoms with Crippen molar-refractivity contribution in [1.29, 1.82) is 0 Å². The average Bonchev–Trinajstić information content (AvgIpc) is 3.23. The molecule has 6 heteroatoms. The van der Waals surface area contributed by atoms with Crippen molar-refractivity contribution in [3.05, 3.63) is 71.8 Å². The molecule has 0 aliphatic carbocycles. The summed E-state index contributed by atoms with van der Waals surface area (Å²) in [5.74, 6) is -0.824. The number of rotatable bonds is 6. The molecule has 0 saturated carbocycles. The first-order chi connectivity index (χ1) is 14.0. The molecule has 2 aromatic rings. The lowest BCUT2D eigenvalue weighted by atomic mass is 9.96. The van der Waals surface area contributed by atoms with Gasteiger partial charge in [-0.15, -0.1) is 0 Å². The minimum atomic E-state index is -0.409. The van der Waals surface area contributed by atoms with Gasteiger partial charge in [0, 0.05) is 24.6 Å². The zero-order valence-electron chi connectivity index (χ0n) is 16.5. The highest BCUT2D eigenvalue weighted by Gasteiger charge is 2.34. The van der Waals surface area contributed by atoms with E-state index in [0.29, 0.717) is 12.1 Å². The normalized spacial score (nSPS) is 16.9. The van der Waals surface area contributed by atoms with Crippen LogP contribution in [0.15, 0.2) is 60.7 Å². The molecule has 152 valence electrons. The van der Waals surface area contributed by atoms with E-state index in [1.807, 2.05) is 43.3 Å². The van der Waals surface area contributed by atoms with Gasteiger partial charge in [0.05, 0.1) is 0 Å². The Morgan fingerprint density at radius 2 is 1.72 bits per heavy atom. The lowest BCUT2D eigenvalue weighted by Gasteiger charge is -2.28. The van der Waals surface area contributed by atoms with E-state index in [-0.39, 0.29) is 37.0 Å². The van der Waals surface area contributed by atoms with Crippen molar-refractivity contribution >= 4 is 17.9 Å². The Kier molecular flexibility index (Phi) is 7.00. The second-order valence-corrected chi connectivity index (χ2v) is 7.37. The molecule has 1 fully saturated rings. The number of nitrogens with zero attached hydrogens (tertiary/aromatic N) is 1. The Morgan fingerprint density at radius 3 is 2.41 bits per heavy atom. The number of imide groups is 1. The smallest absolute Gasteiger partial charge is 0.410 e. The van der Waals surface area contributed by atoms with E-state index in [1.165, 1.54) is 0 Å². The number of benzene rings is 2. The molecule has 1 N–H and O–H groups in total. The van der Waals surface area contributed by atoms with Crippen molar-refractivity contribution < 1.29 is 19.1 Å². The predicted octanol–water partition coefficient (Wildman–Crippen LogP) is 3.77. The molecule has 0 bridgehead atoms. The lowest BCUT2D eigenvalue weighted by Crippen LogP contribution is -2.41. The maximum atomic E-state index is 12.5. The van der Waals surface area contributed by atoms with Gasteiger partial charge in [0.1, 0.15) is 6.61 Å². The molecule has 3 amide bonds. The van der Waals surface area contributed by atoms with Gasteiger partial charge in [-0.2, -0.15) is 0 Å². The molecule has 0 radical (unpaired) electrons. The first-order valence-corrected chi connectivity index (χ1v) is 9.91. The minimum Gasteiger partial charge on any atom is -0.445 e. The Morgan fingerprint density at radius 1 is 1.07 bits per heavy atom. The molecule has 0 aromatic heterocycles. The van der Waals surface area contributed by atoms with Gasteiger partial charge >= 0.3 is 6.09 Å². The van der Waals surface area contributed by atoms with Crippen LogP contribution in [0.2, 0.25) is 0 Å². The minimum absolute atomic E-state index is 0.0733. The third-order valence-corrected chi connectivity index (χ3v) is 5.19. The van der Waals surface area contributed by atoms with Crippen LogP contribution < -0.4 is 5.32 Å². The third-order valence-electron chi connectivity index (χ3n) is 5.19. The molecule has 1 aliphatic heterocycles. The van der Waals surface area contributed by atoms with Gasteiger partial charge in [0.15, 0.2) is 0 Å². The van der Waals surface area contributed by atoms with Crippen LogP contribution in [0.1, 0.15) is 42.1 Å². The van der Waals surface area contributed by atoms with Crippen LogP contribution in [0.5, 0.6) is 0 Å². The van der Waals surface area contributed by atoms with Crippen LogP contribution in [0.4, 0.5) is 4.79 Å². The number of hydrogen-bond acceptors (Lipinski definition) is 4. The Balaban J connectivity index is 1.51. The van der Waals surface area contributed by atoms with E-state index in [0.717, 1.165) is 18.4 Å². The monoisotopic (exact) mass is 394 g/mol. The van der Waals surface area contributed by atoms with Crippen molar-refractivity contribution in [3.8, 4) is 0 Å². The fraction of sp³-hybridized carbons (Fsp3) is 0.348. The van der Waals surface area contributed by atoms with Crippen LogP contribution in [0.25, 0.3) is 0 Å². The van der Waals surface area contributed by atoms with E-state index in [9.17, 15) is 14.4 Å². The third kappa shape index (κ3) is 5.67. The lowest BCUT2D eigenvalue weighted by molar-refractivity contribution is -0.121. The van der Waals surface area contributed by atoms with Crippen LogP contribution in [-0.4, -0.2) is 35.4 Å². The molecule has 1 heterocycles. The molecule has 3 rings (SSSR count). The summed E-state index contributed by atoms with van der Waals surface area (Å²) in [7, 11) is 0. The topological polar surface area (TPSA) is 75.7 Å². The summed E-state index contributed by atoms with van der Waals surface area (Å²) in [5.41, 5.74) is 1.38. The van der Waals surface area contributed by atoms with E-state index < -0.39 is 5.91 Å². The summed E-state index contributed by atoms with van der Waals surface area (Å²) in [6.07, 6.45) is 1.51. The van der Waals surface area contributed by atoms with Gasteiger partial charge in [-0.1, -0.05) is 55.5 Å². The fourth-order valence-electron chi connectivity index (χ4n) is 3.68. The SMILES string of the molecule is CC(CC(=O)NC(=O)c1ccccc1)C1CCCN1C(=O)OCc1ccccc1. The van der Waals surface area contributed by atoms with Crippen molar-refractivity contribution in [3.63, 3.8) is 0 Å². The van der Waals surface area contributed by atoms with Gasteiger partial charge in [0.2, 0.25) is 5.91 Å². The predicted molar refractivity (Wildman–Crippen MR) is 109 cm³/mol. The van der Waals surface area contributed by atoms with Crippen molar-refractivity contribution in [2.45, 2.75) is 38.8 Å². The van der Waals surface area contributed by atoms with Crippen molar-refractivity contribution in [1.82, 2.24) is 10.2 Å². The second kappa shape index (κ2) is 9.87. The zero-order valence-corrected chi connectivity index (χ0v) is 16.5. The van der Waals surface area contributed by atoms with E-state index >= 15 is 0 Å². The molecule has 2 unspecified atom stereocenters. The molecule has 6 nitrogen and oxygen atoms in total. The first-order valence-electron chi connectivity index (χ1n) is 9.91. The number of likely N-dealkylation sites (tertiary alicyclic amines) is 1. The fourth-order valence-corrected chi connectivity index (χ4v) is 3.68. The van der Waals surface area contributed by atoms with E-state index in [1.54, 1.807) is 29.2 Å². The van der Waals surface area contributed by atoms with E-state index in [4.69, 9.17) is 4.74 Å². The van der Waals surface area contributed by atoms with Gasteiger partial charge in [-0.3, -0.25) is 14.9 Å². The highest BCUT2D eigenvalue weighted by molar-refractivity contribution is 6.04. The quantitative estimate of drug-likeness (QED) is 0.809. The molecule has 2 atom stereocenters.